The summed E-state index contributed by atoms with van der Waals surface area (Å²) in [6.45, 7) is 4.51. The highest BCUT2D eigenvalue weighted by atomic mass is 127. The maximum atomic E-state index is 12.9. The lowest BCUT2D eigenvalue weighted by Crippen LogP contribution is -2.45. The van der Waals surface area contributed by atoms with Crippen LogP contribution in [0.2, 0.25) is 0 Å². The standard InChI is InChI=1S/C22H31N7O3.HI/c1-13-26-27-17(28(13)2)12-25-22(24-11-16-4-3-9-32-16)23-7-8-29-20(30)18-14-5-6-15(10-14)19(18)21(29)31;/h5-6,14-16,18-19H,3-4,7-12H2,1-2H3,(H2,23,24,25);1H. The van der Waals surface area contributed by atoms with Gasteiger partial charge in [-0.3, -0.25) is 14.5 Å². The molecule has 5 atom stereocenters. The van der Waals surface area contributed by atoms with Crippen LogP contribution in [0.5, 0.6) is 0 Å². The van der Waals surface area contributed by atoms with E-state index in [0.717, 1.165) is 37.5 Å². The van der Waals surface area contributed by atoms with Crippen molar-refractivity contribution in [3.8, 4) is 0 Å². The van der Waals surface area contributed by atoms with Crippen LogP contribution in [0.4, 0.5) is 0 Å². The molecule has 3 fully saturated rings. The number of carbonyl (C=O) groups excluding carboxylic acids is 2. The number of nitrogens with zero attached hydrogens (tertiary/aromatic N) is 5. The minimum absolute atomic E-state index is 0. The third-order valence-electron chi connectivity index (χ3n) is 7.27. The second-order valence-electron chi connectivity index (χ2n) is 9.16. The number of imide groups is 1. The highest BCUT2D eigenvalue weighted by molar-refractivity contribution is 14.0. The molecule has 0 radical (unpaired) electrons. The number of hydrogen-bond donors (Lipinski definition) is 2. The van der Waals surface area contributed by atoms with Crippen molar-refractivity contribution in [3.05, 3.63) is 23.8 Å². The summed E-state index contributed by atoms with van der Waals surface area (Å²) in [4.78, 5) is 31.8. The van der Waals surface area contributed by atoms with Crippen molar-refractivity contribution in [2.75, 3.05) is 26.2 Å². The average molecular weight is 569 g/mol. The van der Waals surface area contributed by atoms with E-state index in [1.165, 1.54) is 4.90 Å². The van der Waals surface area contributed by atoms with Crippen molar-refractivity contribution in [1.82, 2.24) is 30.3 Å². The van der Waals surface area contributed by atoms with Crippen molar-refractivity contribution in [2.45, 2.75) is 38.8 Å². The van der Waals surface area contributed by atoms with Gasteiger partial charge in [0.25, 0.3) is 0 Å². The molecule has 11 heteroatoms. The van der Waals surface area contributed by atoms with Gasteiger partial charge in [-0.05, 0) is 38.0 Å². The van der Waals surface area contributed by atoms with Crippen molar-refractivity contribution < 1.29 is 14.3 Å². The number of carbonyl (C=O) groups is 2. The molecule has 180 valence electrons. The molecule has 2 amide bonds. The van der Waals surface area contributed by atoms with Gasteiger partial charge < -0.3 is 19.9 Å². The lowest BCUT2D eigenvalue weighted by Gasteiger charge is -2.19. The molecule has 2 N–H and O–H groups in total. The Hall–Kier alpha value is -2.02. The fraction of sp³-hybridized carbons (Fsp3) is 0.682. The molecule has 3 heterocycles. The van der Waals surface area contributed by atoms with Gasteiger partial charge in [-0.2, -0.15) is 0 Å². The van der Waals surface area contributed by atoms with E-state index >= 15 is 0 Å². The van der Waals surface area contributed by atoms with Crippen LogP contribution in [0.15, 0.2) is 17.1 Å². The molecule has 1 saturated carbocycles. The number of fused-ring (bicyclic) bond motifs is 5. The smallest absolute Gasteiger partial charge is 0.233 e. The van der Waals surface area contributed by atoms with E-state index in [9.17, 15) is 9.59 Å². The van der Waals surface area contributed by atoms with Gasteiger partial charge in [0.15, 0.2) is 11.8 Å². The molecule has 33 heavy (non-hydrogen) atoms. The molecule has 10 nitrogen and oxygen atoms in total. The largest absolute Gasteiger partial charge is 0.376 e. The minimum atomic E-state index is -0.151. The Balaban J connectivity index is 0.00000259. The monoisotopic (exact) mass is 569 g/mol. The van der Waals surface area contributed by atoms with E-state index in [1.807, 2.05) is 18.5 Å². The number of hydrogen-bond acceptors (Lipinski definition) is 6. The molecule has 4 aliphatic rings. The van der Waals surface area contributed by atoms with Crippen LogP contribution in [0.25, 0.3) is 0 Å². The lowest BCUT2D eigenvalue weighted by atomic mass is 9.85. The van der Waals surface area contributed by atoms with E-state index in [-0.39, 0.29) is 65.6 Å². The molecule has 0 aromatic carbocycles. The number of guanidine groups is 1. The van der Waals surface area contributed by atoms with Crippen LogP contribution < -0.4 is 10.6 Å². The van der Waals surface area contributed by atoms with Gasteiger partial charge in [0, 0.05) is 33.3 Å². The number of aromatic nitrogens is 3. The minimum Gasteiger partial charge on any atom is -0.376 e. The summed E-state index contributed by atoms with van der Waals surface area (Å²) in [7, 11) is 1.91. The highest BCUT2D eigenvalue weighted by Crippen LogP contribution is 2.52. The summed E-state index contributed by atoms with van der Waals surface area (Å²) >= 11 is 0. The fourth-order valence-corrected chi connectivity index (χ4v) is 5.40. The number of aryl methyl sites for hydroxylation is 1. The SMILES string of the molecule is Cc1nnc(CN=C(NCCN2C(=O)C3C4C=CC(C4)C3C2=O)NCC2CCCO2)n1C.I. The van der Waals surface area contributed by atoms with Crippen LogP contribution in [0.3, 0.4) is 0 Å². The van der Waals surface area contributed by atoms with Crippen LogP contribution in [0, 0.1) is 30.6 Å². The van der Waals surface area contributed by atoms with E-state index < -0.39 is 0 Å². The molecule has 1 aromatic rings. The first kappa shape index (κ1) is 24.1. The zero-order chi connectivity index (χ0) is 22.2. The van der Waals surface area contributed by atoms with E-state index in [2.05, 4.69) is 38.0 Å². The topological polar surface area (TPSA) is 114 Å². The molecular formula is C22H32IN7O3. The Morgan fingerprint density at radius 2 is 1.91 bits per heavy atom. The second-order valence-corrected chi connectivity index (χ2v) is 9.16. The normalized spacial score (nSPS) is 30.2. The first-order chi connectivity index (χ1) is 15.5. The quantitative estimate of drug-likeness (QED) is 0.164. The van der Waals surface area contributed by atoms with Crippen molar-refractivity contribution in [1.29, 1.82) is 0 Å². The number of amides is 2. The number of likely N-dealkylation sites (tertiary alicyclic amines) is 1. The summed E-state index contributed by atoms with van der Waals surface area (Å²) in [5.74, 6) is 2.35. The van der Waals surface area contributed by atoms with Gasteiger partial charge in [0.2, 0.25) is 11.8 Å². The summed E-state index contributed by atoms with van der Waals surface area (Å²) in [6.07, 6.45) is 7.45. The van der Waals surface area contributed by atoms with E-state index in [1.54, 1.807) is 0 Å². The number of halogens is 1. The summed E-state index contributed by atoms with van der Waals surface area (Å²) in [6, 6.07) is 0. The molecule has 2 aliphatic carbocycles. The summed E-state index contributed by atoms with van der Waals surface area (Å²) < 4.78 is 7.60. The molecule has 2 bridgehead atoms. The van der Waals surface area contributed by atoms with Crippen LogP contribution in [0.1, 0.15) is 30.9 Å². The fourth-order valence-electron chi connectivity index (χ4n) is 5.40. The zero-order valence-corrected chi connectivity index (χ0v) is 21.4. The number of ether oxygens (including phenoxy) is 1. The lowest BCUT2D eigenvalue weighted by molar-refractivity contribution is -0.140. The second kappa shape index (κ2) is 10.1. The van der Waals surface area contributed by atoms with Gasteiger partial charge in [-0.25, -0.2) is 4.99 Å². The molecule has 1 aromatic heterocycles. The van der Waals surface area contributed by atoms with Gasteiger partial charge in [-0.15, -0.1) is 34.2 Å². The maximum Gasteiger partial charge on any atom is 0.233 e. The van der Waals surface area contributed by atoms with Crippen molar-refractivity contribution >= 4 is 41.8 Å². The van der Waals surface area contributed by atoms with E-state index in [4.69, 9.17) is 4.74 Å². The Morgan fingerprint density at radius 3 is 2.52 bits per heavy atom. The van der Waals surface area contributed by atoms with Gasteiger partial charge in [0.05, 0.1) is 17.9 Å². The number of allylic oxidation sites excluding steroid dienone is 2. The van der Waals surface area contributed by atoms with Gasteiger partial charge in [0.1, 0.15) is 12.4 Å². The molecule has 5 unspecified atom stereocenters. The van der Waals surface area contributed by atoms with E-state index in [0.29, 0.717) is 32.1 Å². The maximum absolute atomic E-state index is 12.9. The predicted octanol–water partition coefficient (Wildman–Crippen LogP) is 0.763. The first-order valence-corrected chi connectivity index (χ1v) is 11.5. The Kier molecular flexibility index (Phi) is 7.37. The first-order valence-electron chi connectivity index (χ1n) is 11.5. The van der Waals surface area contributed by atoms with Crippen molar-refractivity contribution in [3.63, 3.8) is 0 Å². The average Bonchev–Trinajstić information content (AvgIpc) is 3.60. The molecule has 5 rings (SSSR count). The number of nitrogens with one attached hydrogen (secondary N) is 2. The highest BCUT2D eigenvalue weighted by Gasteiger charge is 2.58. The van der Waals surface area contributed by atoms with Gasteiger partial charge >= 0.3 is 0 Å². The van der Waals surface area contributed by atoms with Crippen LogP contribution in [-0.4, -0.2) is 69.8 Å². The molecule has 0 spiro atoms. The summed E-state index contributed by atoms with van der Waals surface area (Å²) in [5.41, 5.74) is 0. The third-order valence-corrected chi connectivity index (χ3v) is 7.27. The third kappa shape index (κ3) is 4.66. The Labute approximate surface area is 210 Å². The summed E-state index contributed by atoms with van der Waals surface area (Å²) in [5, 5.41) is 14.8. The molecular weight excluding hydrogens is 537 g/mol. The van der Waals surface area contributed by atoms with Gasteiger partial charge in [-0.1, -0.05) is 12.2 Å². The molecule has 2 saturated heterocycles. The number of aliphatic imine (C=N–C) groups is 1. The Bertz CT molecular complexity index is 926. The van der Waals surface area contributed by atoms with Crippen molar-refractivity contribution in [2.24, 2.45) is 35.7 Å². The van der Waals surface area contributed by atoms with Crippen LogP contribution in [-0.2, 0) is 27.9 Å². The zero-order valence-electron chi connectivity index (χ0n) is 19.1. The molecule has 2 aliphatic heterocycles. The Morgan fingerprint density at radius 1 is 1.18 bits per heavy atom. The van der Waals surface area contributed by atoms with Crippen LogP contribution >= 0.6 is 24.0 Å². The number of rotatable bonds is 7. The predicted molar refractivity (Wildman–Crippen MR) is 132 cm³/mol.